The van der Waals surface area contributed by atoms with Crippen LogP contribution in [0.5, 0.6) is 0 Å². The highest BCUT2D eigenvalue weighted by Crippen LogP contribution is 2.43. The van der Waals surface area contributed by atoms with Crippen LogP contribution in [0.2, 0.25) is 0 Å². The molecule has 0 aromatic rings. The van der Waals surface area contributed by atoms with Crippen molar-refractivity contribution in [3.05, 3.63) is 0 Å². The van der Waals surface area contributed by atoms with Gasteiger partial charge in [0.05, 0.1) is 0 Å². The van der Waals surface area contributed by atoms with E-state index in [0.717, 1.165) is 30.0 Å². The number of rotatable bonds is 4. The first-order chi connectivity index (χ1) is 8.92. The van der Waals surface area contributed by atoms with Crippen LogP contribution >= 0.6 is 0 Å². The maximum Gasteiger partial charge on any atom is 0.0139 e. The Hall–Kier alpha value is -0.0800. The smallest absolute Gasteiger partial charge is 0.0139 e. The molecule has 4 unspecified atom stereocenters. The lowest BCUT2D eigenvalue weighted by Gasteiger charge is -2.47. The molecular weight excluding hydrogens is 220 g/mol. The lowest BCUT2D eigenvalue weighted by atomic mass is 9.76. The van der Waals surface area contributed by atoms with Crippen molar-refractivity contribution in [2.45, 2.75) is 75.9 Å². The van der Waals surface area contributed by atoms with E-state index in [9.17, 15) is 0 Å². The van der Waals surface area contributed by atoms with E-state index in [-0.39, 0.29) is 0 Å². The van der Waals surface area contributed by atoms with Crippen molar-refractivity contribution in [1.29, 1.82) is 0 Å². The molecule has 0 amide bonds. The number of nitrogens with zero attached hydrogens (tertiary/aromatic N) is 1. The van der Waals surface area contributed by atoms with Gasteiger partial charge in [-0.25, -0.2) is 0 Å². The van der Waals surface area contributed by atoms with E-state index in [1.807, 2.05) is 0 Å². The topological polar surface area (TPSA) is 15.3 Å². The summed E-state index contributed by atoms with van der Waals surface area (Å²) in [4.78, 5) is 2.94. The third kappa shape index (κ3) is 2.12. The number of fused-ring (bicyclic) bond motifs is 1. The van der Waals surface area contributed by atoms with Crippen molar-refractivity contribution >= 4 is 0 Å². The molecular formula is C16H28N2. The standard InChI is InChI=1S/C16H28N2/c1-2-4-15-12(3-1)9-10-18(15)16-8-5-13(16)11-17-14-6-7-14/h12-17H,1-11H2. The fourth-order valence-corrected chi connectivity index (χ4v) is 4.69. The predicted molar refractivity (Wildman–Crippen MR) is 74.6 cm³/mol. The van der Waals surface area contributed by atoms with Crippen molar-refractivity contribution in [3.8, 4) is 0 Å². The van der Waals surface area contributed by atoms with Gasteiger partial charge in [0, 0.05) is 18.1 Å². The van der Waals surface area contributed by atoms with Crippen molar-refractivity contribution in [3.63, 3.8) is 0 Å². The molecule has 102 valence electrons. The second kappa shape index (κ2) is 4.79. The zero-order valence-corrected chi connectivity index (χ0v) is 11.6. The Bertz CT molecular complexity index is 299. The summed E-state index contributed by atoms with van der Waals surface area (Å²) in [5, 5.41) is 3.76. The number of nitrogens with one attached hydrogen (secondary N) is 1. The second-order valence-corrected chi connectivity index (χ2v) is 7.23. The van der Waals surface area contributed by atoms with E-state index < -0.39 is 0 Å². The van der Waals surface area contributed by atoms with E-state index in [0.29, 0.717) is 0 Å². The zero-order chi connectivity index (χ0) is 11.9. The summed E-state index contributed by atoms with van der Waals surface area (Å²) in [5.74, 6) is 2.04. The van der Waals surface area contributed by atoms with Gasteiger partial charge in [-0.2, -0.15) is 0 Å². The molecule has 2 nitrogen and oxygen atoms in total. The van der Waals surface area contributed by atoms with E-state index in [2.05, 4.69) is 10.2 Å². The van der Waals surface area contributed by atoms with Crippen LogP contribution in [-0.2, 0) is 0 Å². The fraction of sp³-hybridized carbons (Fsp3) is 1.00. The van der Waals surface area contributed by atoms with Gasteiger partial charge in [-0.15, -0.1) is 0 Å². The maximum absolute atomic E-state index is 3.76. The quantitative estimate of drug-likeness (QED) is 0.823. The fourth-order valence-electron chi connectivity index (χ4n) is 4.69. The lowest BCUT2D eigenvalue weighted by molar-refractivity contribution is 0.0338. The molecule has 3 aliphatic carbocycles. The zero-order valence-electron chi connectivity index (χ0n) is 11.6. The molecule has 3 saturated carbocycles. The van der Waals surface area contributed by atoms with Crippen LogP contribution in [0.25, 0.3) is 0 Å². The molecule has 4 atom stereocenters. The minimum Gasteiger partial charge on any atom is -0.314 e. The van der Waals surface area contributed by atoms with Gasteiger partial charge in [0.1, 0.15) is 0 Å². The molecule has 4 rings (SSSR count). The van der Waals surface area contributed by atoms with Crippen LogP contribution in [0.15, 0.2) is 0 Å². The summed E-state index contributed by atoms with van der Waals surface area (Å²) < 4.78 is 0. The molecule has 0 aromatic heterocycles. The first-order valence-electron chi connectivity index (χ1n) is 8.41. The Balaban J connectivity index is 1.34. The summed E-state index contributed by atoms with van der Waals surface area (Å²) in [7, 11) is 0. The Morgan fingerprint density at radius 3 is 2.50 bits per heavy atom. The first-order valence-corrected chi connectivity index (χ1v) is 8.41. The van der Waals surface area contributed by atoms with Gasteiger partial charge < -0.3 is 5.32 Å². The third-order valence-corrected chi connectivity index (χ3v) is 6.10. The Morgan fingerprint density at radius 2 is 1.72 bits per heavy atom. The monoisotopic (exact) mass is 248 g/mol. The Labute approximate surface area is 111 Å². The van der Waals surface area contributed by atoms with Crippen LogP contribution in [-0.4, -0.2) is 36.1 Å². The molecule has 18 heavy (non-hydrogen) atoms. The van der Waals surface area contributed by atoms with Gasteiger partial charge in [0.25, 0.3) is 0 Å². The van der Waals surface area contributed by atoms with E-state index >= 15 is 0 Å². The van der Waals surface area contributed by atoms with Gasteiger partial charge in [-0.1, -0.05) is 12.8 Å². The molecule has 0 bridgehead atoms. The van der Waals surface area contributed by atoms with Crippen molar-refractivity contribution in [2.24, 2.45) is 11.8 Å². The average Bonchev–Trinajstić information content (AvgIpc) is 3.10. The van der Waals surface area contributed by atoms with Gasteiger partial charge in [-0.05, 0) is 69.9 Å². The highest BCUT2D eigenvalue weighted by Gasteiger charge is 2.44. The third-order valence-electron chi connectivity index (χ3n) is 6.10. The minimum atomic E-state index is 0.896. The van der Waals surface area contributed by atoms with Crippen LogP contribution in [0.3, 0.4) is 0 Å². The first kappa shape index (κ1) is 11.7. The molecule has 1 N–H and O–H groups in total. The number of likely N-dealkylation sites (tertiary alicyclic amines) is 1. The Morgan fingerprint density at radius 1 is 0.833 bits per heavy atom. The second-order valence-electron chi connectivity index (χ2n) is 7.23. The van der Waals surface area contributed by atoms with E-state index in [1.165, 1.54) is 70.9 Å². The number of hydrogen-bond acceptors (Lipinski definition) is 2. The molecule has 0 aromatic carbocycles. The largest absolute Gasteiger partial charge is 0.314 e. The average molecular weight is 248 g/mol. The summed E-state index contributed by atoms with van der Waals surface area (Å²) in [6, 6.07) is 2.82. The molecule has 1 saturated heterocycles. The summed E-state index contributed by atoms with van der Waals surface area (Å²) in [5.41, 5.74) is 0. The molecule has 2 heteroatoms. The minimum absolute atomic E-state index is 0.896. The van der Waals surface area contributed by atoms with Gasteiger partial charge in [-0.3, -0.25) is 4.90 Å². The van der Waals surface area contributed by atoms with Crippen LogP contribution in [0.1, 0.15) is 57.8 Å². The molecule has 1 heterocycles. The van der Waals surface area contributed by atoms with Gasteiger partial charge in [0.15, 0.2) is 0 Å². The summed E-state index contributed by atoms with van der Waals surface area (Å²) >= 11 is 0. The molecule has 1 aliphatic heterocycles. The molecule has 4 aliphatic rings. The predicted octanol–water partition coefficient (Wildman–Crippen LogP) is 2.78. The highest BCUT2D eigenvalue weighted by molar-refractivity contribution is 4.99. The van der Waals surface area contributed by atoms with E-state index in [4.69, 9.17) is 0 Å². The highest BCUT2D eigenvalue weighted by atomic mass is 15.2. The summed E-state index contributed by atoms with van der Waals surface area (Å²) in [6.07, 6.45) is 13.4. The van der Waals surface area contributed by atoms with E-state index in [1.54, 1.807) is 0 Å². The van der Waals surface area contributed by atoms with Crippen molar-refractivity contribution in [2.75, 3.05) is 13.1 Å². The van der Waals surface area contributed by atoms with Gasteiger partial charge in [0.2, 0.25) is 0 Å². The van der Waals surface area contributed by atoms with Crippen molar-refractivity contribution in [1.82, 2.24) is 10.2 Å². The maximum atomic E-state index is 3.76. The van der Waals surface area contributed by atoms with Crippen molar-refractivity contribution < 1.29 is 0 Å². The van der Waals surface area contributed by atoms with Gasteiger partial charge >= 0.3 is 0 Å². The number of hydrogen-bond donors (Lipinski definition) is 1. The van der Waals surface area contributed by atoms with Crippen LogP contribution < -0.4 is 5.32 Å². The molecule has 0 radical (unpaired) electrons. The Kier molecular flexibility index (Phi) is 3.12. The normalized spacial score (nSPS) is 44.7. The van der Waals surface area contributed by atoms with Crippen LogP contribution in [0.4, 0.5) is 0 Å². The molecule has 4 fully saturated rings. The summed E-state index contributed by atoms with van der Waals surface area (Å²) in [6.45, 7) is 2.73. The van der Waals surface area contributed by atoms with Crippen LogP contribution in [0, 0.1) is 11.8 Å². The molecule has 0 spiro atoms. The SMILES string of the molecule is C1CCC2C(C1)CCN2C1CCC1CNC1CC1. The lowest BCUT2D eigenvalue weighted by Crippen LogP contribution is -2.53.